The van der Waals surface area contributed by atoms with Crippen LogP contribution in [0.3, 0.4) is 0 Å². The van der Waals surface area contributed by atoms with Crippen LogP contribution < -0.4 is 5.32 Å². The van der Waals surface area contributed by atoms with Crippen LogP contribution in [-0.2, 0) is 0 Å². The van der Waals surface area contributed by atoms with Gasteiger partial charge < -0.3 is 5.32 Å². The predicted octanol–water partition coefficient (Wildman–Crippen LogP) is 2.86. The first-order valence-corrected chi connectivity index (χ1v) is 6.83. The highest BCUT2D eigenvalue weighted by atomic mass is 19.1. The minimum atomic E-state index is -0.317. The Morgan fingerprint density at radius 2 is 1.90 bits per heavy atom. The number of aromatic nitrogens is 3. The first-order valence-electron chi connectivity index (χ1n) is 6.83. The molecule has 0 radical (unpaired) electrons. The van der Waals surface area contributed by atoms with Gasteiger partial charge in [-0.05, 0) is 30.3 Å². The zero-order chi connectivity index (χ0) is 14.7. The molecule has 3 rings (SSSR count). The summed E-state index contributed by atoms with van der Waals surface area (Å²) in [5, 5.41) is 3.30. The van der Waals surface area contributed by atoms with E-state index in [0.717, 1.165) is 23.1 Å². The van der Waals surface area contributed by atoms with Gasteiger partial charge >= 0.3 is 0 Å². The van der Waals surface area contributed by atoms with E-state index in [9.17, 15) is 4.39 Å². The topological polar surface area (TPSA) is 50.7 Å². The standard InChI is InChI=1S/C16H15FN4/c1-2-19-16(12-5-6-18-10-13(12)17)11-3-4-14-15(9-11)21-8-7-20-14/h3-10,16,19H,2H2,1H3. The molecule has 0 saturated heterocycles. The molecular formula is C16H15FN4. The maximum atomic E-state index is 14.0. The predicted molar refractivity (Wildman–Crippen MR) is 79.3 cm³/mol. The second-order valence-corrected chi connectivity index (χ2v) is 4.69. The molecule has 0 aliphatic carbocycles. The Bertz CT molecular complexity index is 760. The lowest BCUT2D eigenvalue weighted by molar-refractivity contribution is 0.555. The number of halogens is 1. The molecule has 0 bridgehead atoms. The molecule has 106 valence electrons. The third-order valence-corrected chi connectivity index (χ3v) is 3.35. The first kappa shape index (κ1) is 13.6. The quantitative estimate of drug-likeness (QED) is 0.799. The lowest BCUT2D eigenvalue weighted by atomic mass is 9.98. The fourth-order valence-corrected chi connectivity index (χ4v) is 2.39. The van der Waals surface area contributed by atoms with Crippen molar-refractivity contribution >= 4 is 11.0 Å². The molecule has 0 amide bonds. The lowest BCUT2D eigenvalue weighted by Crippen LogP contribution is -2.23. The van der Waals surface area contributed by atoms with Crippen LogP contribution in [0.25, 0.3) is 11.0 Å². The van der Waals surface area contributed by atoms with Gasteiger partial charge in [-0.15, -0.1) is 0 Å². The molecule has 0 aliphatic heterocycles. The minimum absolute atomic E-state index is 0.232. The van der Waals surface area contributed by atoms with Crippen molar-refractivity contribution in [2.24, 2.45) is 0 Å². The van der Waals surface area contributed by atoms with Gasteiger partial charge in [0.05, 0.1) is 23.3 Å². The molecule has 0 fully saturated rings. The molecule has 2 aromatic heterocycles. The lowest BCUT2D eigenvalue weighted by Gasteiger charge is -2.19. The zero-order valence-electron chi connectivity index (χ0n) is 11.6. The molecule has 4 nitrogen and oxygen atoms in total. The number of hydrogen-bond donors (Lipinski definition) is 1. The molecule has 0 spiro atoms. The van der Waals surface area contributed by atoms with E-state index in [2.05, 4.69) is 20.3 Å². The number of nitrogens with zero attached hydrogens (tertiary/aromatic N) is 3. The molecule has 2 heterocycles. The molecule has 1 aromatic carbocycles. The van der Waals surface area contributed by atoms with Crippen molar-refractivity contribution in [1.82, 2.24) is 20.3 Å². The number of fused-ring (bicyclic) bond motifs is 1. The maximum absolute atomic E-state index is 14.0. The minimum Gasteiger partial charge on any atom is -0.306 e. The molecule has 21 heavy (non-hydrogen) atoms. The highest BCUT2D eigenvalue weighted by molar-refractivity contribution is 5.74. The smallest absolute Gasteiger partial charge is 0.146 e. The average molecular weight is 282 g/mol. The Balaban J connectivity index is 2.09. The van der Waals surface area contributed by atoms with E-state index in [0.29, 0.717) is 5.56 Å². The summed E-state index contributed by atoms with van der Waals surface area (Å²) in [5.41, 5.74) is 3.16. The highest BCUT2D eigenvalue weighted by Gasteiger charge is 2.17. The van der Waals surface area contributed by atoms with Gasteiger partial charge in [-0.3, -0.25) is 15.0 Å². The summed E-state index contributed by atoms with van der Waals surface area (Å²) in [4.78, 5) is 12.4. The number of rotatable bonds is 4. The van der Waals surface area contributed by atoms with Crippen LogP contribution in [0.2, 0.25) is 0 Å². The molecule has 1 unspecified atom stereocenters. The third-order valence-electron chi connectivity index (χ3n) is 3.35. The molecule has 5 heteroatoms. The zero-order valence-corrected chi connectivity index (χ0v) is 11.6. The monoisotopic (exact) mass is 282 g/mol. The van der Waals surface area contributed by atoms with Crippen molar-refractivity contribution in [3.8, 4) is 0 Å². The molecule has 0 aliphatic rings. The van der Waals surface area contributed by atoms with Crippen molar-refractivity contribution in [3.05, 3.63) is 66.0 Å². The summed E-state index contributed by atoms with van der Waals surface area (Å²) < 4.78 is 14.0. The van der Waals surface area contributed by atoms with Gasteiger partial charge in [-0.25, -0.2) is 4.39 Å². The van der Waals surface area contributed by atoms with Crippen molar-refractivity contribution < 1.29 is 4.39 Å². The van der Waals surface area contributed by atoms with E-state index in [1.54, 1.807) is 24.7 Å². The van der Waals surface area contributed by atoms with Crippen LogP contribution >= 0.6 is 0 Å². The fraction of sp³-hybridized carbons (Fsp3) is 0.188. The van der Waals surface area contributed by atoms with E-state index in [1.807, 2.05) is 25.1 Å². The van der Waals surface area contributed by atoms with Gasteiger partial charge in [0.25, 0.3) is 0 Å². The van der Waals surface area contributed by atoms with Crippen molar-refractivity contribution in [2.45, 2.75) is 13.0 Å². The molecule has 1 atom stereocenters. The Hall–Kier alpha value is -2.40. The van der Waals surface area contributed by atoms with Crippen LogP contribution in [0, 0.1) is 5.82 Å². The van der Waals surface area contributed by atoms with E-state index in [1.165, 1.54) is 6.20 Å². The summed E-state index contributed by atoms with van der Waals surface area (Å²) in [5.74, 6) is -0.317. The normalized spacial score (nSPS) is 12.5. The Morgan fingerprint density at radius 3 is 2.67 bits per heavy atom. The fourth-order valence-electron chi connectivity index (χ4n) is 2.39. The second-order valence-electron chi connectivity index (χ2n) is 4.69. The summed E-state index contributed by atoms with van der Waals surface area (Å²) in [6.07, 6.45) is 6.15. The van der Waals surface area contributed by atoms with Crippen LogP contribution in [-0.4, -0.2) is 21.5 Å². The molecular weight excluding hydrogens is 267 g/mol. The molecule has 1 N–H and O–H groups in total. The summed E-state index contributed by atoms with van der Waals surface area (Å²) in [6, 6.07) is 7.26. The number of hydrogen-bond acceptors (Lipinski definition) is 4. The van der Waals surface area contributed by atoms with Crippen molar-refractivity contribution in [3.63, 3.8) is 0 Å². The average Bonchev–Trinajstić information content (AvgIpc) is 2.53. The number of nitrogens with one attached hydrogen (secondary N) is 1. The maximum Gasteiger partial charge on any atom is 0.146 e. The van der Waals surface area contributed by atoms with Gasteiger partial charge in [0.15, 0.2) is 0 Å². The van der Waals surface area contributed by atoms with E-state index < -0.39 is 0 Å². The van der Waals surface area contributed by atoms with Crippen molar-refractivity contribution in [1.29, 1.82) is 0 Å². The molecule has 0 saturated carbocycles. The Kier molecular flexibility index (Phi) is 3.83. The third kappa shape index (κ3) is 2.73. The largest absolute Gasteiger partial charge is 0.306 e. The van der Waals surface area contributed by atoms with Gasteiger partial charge in [-0.1, -0.05) is 13.0 Å². The second kappa shape index (κ2) is 5.93. The van der Waals surface area contributed by atoms with E-state index >= 15 is 0 Å². The van der Waals surface area contributed by atoms with Gasteiger partial charge in [0.1, 0.15) is 5.82 Å². The number of pyridine rings is 1. The van der Waals surface area contributed by atoms with Gasteiger partial charge in [0, 0.05) is 24.2 Å². The van der Waals surface area contributed by atoms with Gasteiger partial charge in [-0.2, -0.15) is 0 Å². The van der Waals surface area contributed by atoms with Crippen molar-refractivity contribution in [2.75, 3.05) is 6.54 Å². The highest BCUT2D eigenvalue weighted by Crippen LogP contribution is 2.25. The van der Waals surface area contributed by atoms with E-state index in [-0.39, 0.29) is 11.9 Å². The van der Waals surface area contributed by atoms with Crippen LogP contribution in [0.1, 0.15) is 24.1 Å². The van der Waals surface area contributed by atoms with E-state index in [4.69, 9.17) is 0 Å². The Labute approximate surface area is 122 Å². The Morgan fingerprint density at radius 1 is 1.10 bits per heavy atom. The first-order chi connectivity index (χ1) is 10.3. The van der Waals surface area contributed by atoms with Crippen LogP contribution in [0.15, 0.2) is 49.1 Å². The molecule has 3 aromatic rings. The SMILES string of the molecule is CCNC(c1ccc2nccnc2c1)c1ccncc1F. The van der Waals surface area contributed by atoms with Crippen LogP contribution in [0.5, 0.6) is 0 Å². The van der Waals surface area contributed by atoms with Gasteiger partial charge in [0.2, 0.25) is 0 Å². The number of benzene rings is 1. The summed E-state index contributed by atoms with van der Waals surface area (Å²) in [6.45, 7) is 2.72. The summed E-state index contributed by atoms with van der Waals surface area (Å²) in [7, 11) is 0. The summed E-state index contributed by atoms with van der Waals surface area (Å²) >= 11 is 0. The van der Waals surface area contributed by atoms with Crippen LogP contribution in [0.4, 0.5) is 4.39 Å².